The topological polar surface area (TPSA) is 38.9 Å². The Bertz CT molecular complexity index is 565. The number of thiazole rings is 1. The molecule has 1 aliphatic rings. The van der Waals surface area contributed by atoms with E-state index in [-0.39, 0.29) is 6.04 Å². The fourth-order valence-corrected chi connectivity index (χ4v) is 3.98. The number of benzene rings is 1. The summed E-state index contributed by atoms with van der Waals surface area (Å²) in [6, 6.07) is 8.54. The largest absolute Gasteiger partial charge is 0.323 e. The molecule has 1 aromatic carbocycles. The van der Waals surface area contributed by atoms with Gasteiger partial charge in [0.1, 0.15) is 0 Å². The molecule has 0 saturated carbocycles. The molecule has 0 saturated heterocycles. The van der Waals surface area contributed by atoms with Crippen LogP contribution in [0.2, 0.25) is 0 Å². The van der Waals surface area contributed by atoms with Crippen molar-refractivity contribution in [3.8, 4) is 0 Å². The SMILES string of the molecule is NC1CCCc2nc(Cc3ccccc3Br)sc21. The zero-order chi connectivity index (χ0) is 12.5. The van der Waals surface area contributed by atoms with Crippen LogP contribution in [0.3, 0.4) is 0 Å². The number of rotatable bonds is 2. The maximum atomic E-state index is 6.14. The van der Waals surface area contributed by atoms with Crippen molar-refractivity contribution in [2.45, 2.75) is 31.7 Å². The number of nitrogens with two attached hydrogens (primary N) is 1. The molecule has 18 heavy (non-hydrogen) atoms. The lowest BCUT2D eigenvalue weighted by Gasteiger charge is -2.15. The van der Waals surface area contributed by atoms with Crippen LogP contribution in [0.25, 0.3) is 0 Å². The van der Waals surface area contributed by atoms with Crippen molar-refractivity contribution < 1.29 is 0 Å². The van der Waals surface area contributed by atoms with E-state index in [0.29, 0.717) is 0 Å². The smallest absolute Gasteiger partial charge is 0.0975 e. The van der Waals surface area contributed by atoms with E-state index in [9.17, 15) is 0 Å². The molecule has 2 nitrogen and oxygen atoms in total. The van der Waals surface area contributed by atoms with Gasteiger partial charge in [0.05, 0.1) is 10.7 Å². The fourth-order valence-electron chi connectivity index (χ4n) is 2.38. The molecule has 94 valence electrons. The number of aryl methyl sites for hydroxylation is 1. The Hall–Kier alpha value is -0.710. The molecule has 0 spiro atoms. The molecular weight excluding hydrogens is 308 g/mol. The van der Waals surface area contributed by atoms with Gasteiger partial charge in [0.2, 0.25) is 0 Å². The maximum Gasteiger partial charge on any atom is 0.0975 e. The summed E-state index contributed by atoms with van der Waals surface area (Å²) in [5, 5.41) is 1.18. The minimum Gasteiger partial charge on any atom is -0.323 e. The molecule has 2 N–H and O–H groups in total. The molecule has 4 heteroatoms. The third-order valence-corrected chi connectivity index (χ3v) is 5.34. The van der Waals surface area contributed by atoms with Crippen LogP contribution < -0.4 is 5.73 Å². The normalized spacial score (nSPS) is 18.7. The molecule has 1 aromatic heterocycles. The van der Waals surface area contributed by atoms with E-state index in [4.69, 9.17) is 10.7 Å². The maximum absolute atomic E-state index is 6.14. The zero-order valence-corrected chi connectivity index (χ0v) is 12.4. The summed E-state index contributed by atoms with van der Waals surface area (Å²) in [6.45, 7) is 0. The highest BCUT2D eigenvalue weighted by molar-refractivity contribution is 9.10. The zero-order valence-electron chi connectivity index (χ0n) is 10.0. The molecule has 0 radical (unpaired) electrons. The summed E-state index contributed by atoms with van der Waals surface area (Å²) >= 11 is 5.38. The monoisotopic (exact) mass is 322 g/mol. The Balaban J connectivity index is 1.88. The van der Waals surface area contributed by atoms with Crippen LogP contribution in [0.1, 0.15) is 40.0 Å². The highest BCUT2D eigenvalue weighted by atomic mass is 79.9. The second-order valence-corrected chi connectivity index (χ2v) is 6.65. The number of hydrogen-bond acceptors (Lipinski definition) is 3. The van der Waals surface area contributed by atoms with Crippen molar-refractivity contribution in [2.24, 2.45) is 5.73 Å². The predicted octanol–water partition coefficient (Wildman–Crippen LogP) is 3.83. The number of nitrogens with zero attached hydrogens (tertiary/aromatic N) is 1. The second-order valence-electron chi connectivity index (χ2n) is 4.69. The van der Waals surface area contributed by atoms with Crippen LogP contribution in [0, 0.1) is 0 Å². The van der Waals surface area contributed by atoms with Gasteiger partial charge in [-0.25, -0.2) is 4.98 Å². The quantitative estimate of drug-likeness (QED) is 0.912. The van der Waals surface area contributed by atoms with Crippen molar-refractivity contribution in [1.29, 1.82) is 0 Å². The third kappa shape index (κ3) is 2.37. The van der Waals surface area contributed by atoms with E-state index >= 15 is 0 Å². The van der Waals surface area contributed by atoms with Crippen LogP contribution in [-0.4, -0.2) is 4.98 Å². The van der Waals surface area contributed by atoms with Gasteiger partial charge in [-0.3, -0.25) is 0 Å². The molecular formula is C14H15BrN2S. The number of halogens is 1. The first-order valence-corrected chi connectivity index (χ1v) is 7.82. The lowest BCUT2D eigenvalue weighted by Crippen LogP contribution is -2.15. The molecule has 1 heterocycles. The van der Waals surface area contributed by atoms with Gasteiger partial charge in [0.15, 0.2) is 0 Å². The van der Waals surface area contributed by atoms with Crippen LogP contribution >= 0.6 is 27.3 Å². The molecule has 0 fully saturated rings. The number of fused-ring (bicyclic) bond motifs is 1. The van der Waals surface area contributed by atoms with Crippen LogP contribution in [-0.2, 0) is 12.8 Å². The molecule has 3 rings (SSSR count). The highest BCUT2D eigenvalue weighted by Gasteiger charge is 2.21. The molecule has 1 unspecified atom stereocenters. The van der Waals surface area contributed by atoms with E-state index in [1.54, 1.807) is 11.3 Å². The molecule has 0 bridgehead atoms. The van der Waals surface area contributed by atoms with Gasteiger partial charge >= 0.3 is 0 Å². The molecule has 0 aliphatic heterocycles. The lowest BCUT2D eigenvalue weighted by molar-refractivity contribution is 0.573. The van der Waals surface area contributed by atoms with Crippen molar-refractivity contribution in [3.05, 3.63) is 49.9 Å². The summed E-state index contributed by atoms with van der Waals surface area (Å²) in [5.74, 6) is 0. The standard InChI is InChI=1S/C14H15BrN2S/c15-10-5-2-1-4-9(10)8-13-17-12-7-3-6-11(16)14(12)18-13/h1-2,4-5,11H,3,6-8,16H2. The summed E-state index contributed by atoms with van der Waals surface area (Å²) in [6.07, 6.45) is 4.26. The average Bonchev–Trinajstić information content (AvgIpc) is 2.76. The van der Waals surface area contributed by atoms with E-state index in [1.165, 1.54) is 27.6 Å². The van der Waals surface area contributed by atoms with Gasteiger partial charge in [0, 0.05) is 21.8 Å². The predicted molar refractivity (Wildman–Crippen MR) is 78.9 cm³/mol. The number of aromatic nitrogens is 1. The van der Waals surface area contributed by atoms with Gasteiger partial charge in [-0.15, -0.1) is 11.3 Å². The Kier molecular flexibility index (Phi) is 3.50. The Morgan fingerprint density at radius 2 is 2.22 bits per heavy atom. The van der Waals surface area contributed by atoms with Gasteiger partial charge in [-0.05, 0) is 30.9 Å². The van der Waals surface area contributed by atoms with Crippen molar-refractivity contribution in [3.63, 3.8) is 0 Å². The van der Waals surface area contributed by atoms with Crippen molar-refractivity contribution >= 4 is 27.3 Å². The lowest BCUT2D eigenvalue weighted by atomic mass is 9.99. The first-order valence-electron chi connectivity index (χ1n) is 6.21. The van der Waals surface area contributed by atoms with Crippen LogP contribution in [0.4, 0.5) is 0 Å². The van der Waals surface area contributed by atoms with E-state index in [0.717, 1.165) is 23.7 Å². The Morgan fingerprint density at radius 3 is 3.00 bits per heavy atom. The Labute approximate surface area is 119 Å². The van der Waals surface area contributed by atoms with Crippen LogP contribution in [0.5, 0.6) is 0 Å². The number of hydrogen-bond donors (Lipinski definition) is 1. The first kappa shape index (κ1) is 12.3. The van der Waals surface area contributed by atoms with Gasteiger partial charge < -0.3 is 5.73 Å². The fraction of sp³-hybridized carbons (Fsp3) is 0.357. The van der Waals surface area contributed by atoms with E-state index in [1.807, 2.05) is 6.07 Å². The van der Waals surface area contributed by atoms with E-state index in [2.05, 4.69) is 34.1 Å². The summed E-state index contributed by atoms with van der Waals surface area (Å²) in [5.41, 5.74) is 8.67. The minimum atomic E-state index is 0.208. The molecule has 0 amide bonds. The third-order valence-electron chi connectivity index (χ3n) is 3.34. The van der Waals surface area contributed by atoms with E-state index < -0.39 is 0 Å². The van der Waals surface area contributed by atoms with Gasteiger partial charge in [-0.1, -0.05) is 34.1 Å². The highest BCUT2D eigenvalue weighted by Crippen LogP contribution is 2.33. The molecule has 1 aliphatic carbocycles. The minimum absolute atomic E-state index is 0.208. The van der Waals surface area contributed by atoms with Gasteiger partial charge in [0.25, 0.3) is 0 Å². The second kappa shape index (κ2) is 5.11. The first-order chi connectivity index (χ1) is 8.74. The average molecular weight is 323 g/mol. The summed E-state index contributed by atoms with van der Waals surface area (Å²) in [7, 11) is 0. The summed E-state index contributed by atoms with van der Waals surface area (Å²) < 4.78 is 1.16. The van der Waals surface area contributed by atoms with Crippen LogP contribution in [0.15, 0.2) is 28.7 Å². The molecule has 2 aromatic rings. The Morgan fingerprint density at radius 1 is 1.39 bits per heavy atom. The molecule has 1 atom stereocenters. The summed E-state index contributed by atoms with van der Waals surface area (Å²) in [4.78, 5) is 6.06. The van der Waals surface area contributed by atoms with Gasteiger partial charge in [-0.2, -0.15) is 0 Å². The van der Waals surface area contributed by atoms with Crippen molar-refractivity contribution in [1.82, 2.24) is 4.98 Å². The van der Waals surface area contributed by atoms with Crippen molar-refractivity contribution in [2.75, 3.05) is 0 Å².